The molecular weight excluding hydrogens is 328 g/mol. The van der Waals surface area contributed by atoms with Gasteiger partial charge in [-0.05, 0) is 27.2 Å². The van der Waals surface area contributed by atoms with E-state index in [-0.39, 0.29) is 60.0 Å². The van der Waals surface area contributed by atoms with E-state index in [4.69, 9.17) is 46.4 Å². The van der Waals surface area contributed by atoms with Crippen molar-refractivity contribution < 1.29 is 25.1 Å². The minimum Gasteiger partial charge on any atom is -1.00 e. The first kappa shape index (κ1) is 19.1. The number of rotatable bonds is 5. The zero-order valence-corrected chi connectivity index (χ0v) is 14.1. The maximum Gasteiger partial charge on any atom is 1.00 e. The smallest absolute Gasteiger partial charge is 1.00 e. The Balaban J connectivity index is 0. The fourth-order valence-corrected chi connectivity index (χ4v) is 3.56. The molecule has 1 aromatic carbocycles. The van der Waals surface area contributed by atoms with Crippen LogP contribution in [0.3, 0.4) is 0 Å². The molecule has 0 aliphatic carbocycles. The Morgan fingerprint density at radius 2 is 1.72 bits per heavy atom. The summed E-state index contributed by atoms with van der Waals surface area (Å²) >= 11 is 23.7. The van der Waals surface area contributed by atoms with Gasteiger partial charge in [0, 0.05) is 0 Å². The van der Waals surface area contributed by atoms with Crippen molar-refractivity contribution in [3.05, 3.63) is 31.7 Å². The topological polar surface area (TPSA) is 17.1 Å². The van der Waals surface area contributed by atoms with Gasteiger partial charge in [0.25, 0.3) is 0 Å². The first-order valence-corrected chi connectivity index (χ1v) is 7.82. The van der Waals surface area contributed by atoms with Crippen molar-refractivity contribution in [2.45, 2.75) is 19.8 Å². The predicted molar refractivity (Wildman–Crippen MR) is 80.0 cm³/mol. The average Bonchev–Trinajstić information content (AvgIpc) is 2.27. The second-order valence-electron chi connectivity index (χ2n) is 3.45. The third-order valence-electron chi connectivity index (χ3n) is 2.15. The largest absolute Gasteiger partial charge is 1.00 e. The normalized spacial score (nSPS) is 10.7. The van der Waals surface area contributed by atoms with Gasteiger partial charge in [0.2, 0.25) is 0 Å². The molecule has 1 nitrogen and oxygen atoms in total. The zero-order chi connectivity index (χ0) is 13.0. The monoisotopic (exact) mass is 338 g/mol. The first-order valence-electron chi connectivity index (χ1n) is 5.10. The van der Waals surface area contributed by atoms with Gasteiger partial charge in [0.05, 0.1) is 25.7 Å². The van der Waals surface area contributed by atoms with Crippen molar-refractivity contribution in [3.63, 3.8) is 0 Å². The van der Waals surface area contributed by atoms with Crippen molar-refractivity contribution >= 4 is 60.5 Å². The molecule has 0 bridgehead atoms. The Labute approximate surface area is 142 Å². The molecule has 1 aromatic rings. The molecule has 0 amide bonds. The van der Waals surface area contributed by atoms with Crippen molar-refractivity contribution in [1.29, 1.82) is 0 Å². The zero-order valence-electron chi connectivity index (χ0n) is 11.1. The summed E-state index contributed by atoms with van der Waals surface area (Å²) in [5.74, 6) is 0. The summed E-state index contributed by atoms with van der Waals surface area (Å²) in [7, 11) is 0.151. The SMILES string of the molecule is CCCCPC(=O)c1c(Cl)c(Cl)cc(Cl)c1Cl.[H-].[Li+]. The van der Waals surface area contributed by atoms with E-state index in [9.17, 15) is 4.79 Å². The van der Waals surface area contributed by atoms with Crippen LogP contribution in [-0.2, 0) is 0 Å². The maximum atomic E-state index is 12.0. The number of carbonyl (C=O) groups is 1. The molecule has 1 atom stereocenters. The Bertz CT molecular complexity index is 419. The number of benzene rings is 1. The van der Waals surface area contributed by atoms with Gasteiger partial charge < -0.3 is 1.43 Å². The van der Waals surface area contributed by atoms with E-state index in [1.807, 2.05) is 0 Å². The number of hydrogen-bond donors (Lipinski definition) is 0. The van der Waals surface area contributed by atoms with Gasteiger partial charge in [0.1, 0.15) is 0 Å². The van der Waals surface area contributed by atoms with E-state index in [0.717, 1.165) is 19.0 Å². The van der Waals surface area contributed by atoms with Gasteiger partial charge >= 0.3 is 18.9 Å². The van der Waals surface area contributed by atoms with Gasteiger partial charge in [-0.15, -0.1) is 0 Å². The standard InChI is InChI=1S/C11H11Cl4OP.Li.H/c1-2-3-4-17-11(16)8-9(14)6(12)5-7(13)10(8)15;;/h5,17H,2-4H2,1H3;;/q;+1;-1. The van der Waals surface area contributed by atoms with Gasteiger partial charge in [-0.2, -0.15) is 0 Å². The third kappa shape index (κ3) is 4.88. The van der Waals surface area contributed by atoms with Gasteiger partial charge in [0.15, 0.2) is 5.52 Å². The van der Waals surface area contributed by atoms with Gasteiger partial charge in [-0.3, -0.25) is 4.79 Å². The van der Waals surface area contributed by atoms with Crippen LogP contribution in [0.1, 0.15) is 31.6 Å². The molecule has 0 saturated heterocycles. The van der Waals surface area contributed by atoms with Crippen LogP contribution in [-0.4, -0.2) is 11.7 Å². The average molecular weight is 340 g/mol. The summed E-state index contributed by atoms with van der Waals surface area (Å²) < 4.78 is 0. The maximum absolute atomic E-state index is 12.0. The molecule has 96 valence electrons. The summed E-state index contributed by atoms with van der Waals surface area (Å²) in [6.07, 6.45) is 2.90. The van der Waals surface area contributed by atoms with E-state index in [2.05, 4.69) is 6.92 Å². The van der Waals surface area contributed by atoms with Crippen LogP contribution >= 0.6 is 55.0 Å². The Morgan fingerprint density at radius 1 is 1.22 bits per heavy atom. The van der Waals surface area contributed by atoms with Gasteiger partial charge in [-0.25, -0.2) is 0 Å². The Kier molecular flexibility index (Phi) is 9.64. The molecule has 7 heteroatoms. The number of hydrogen-bond acceptors (Lipinski definition) is 1. The molecule has 0 N–H and O–H groups in total. The van der Waals surface area contributed by atoms with Gasteiger partial charge in [-0.1, -0.05) is 59.7 Å². The number of halogens is 4. The van der Waals surface area contributed by atoms with Crippen molar-refractivity contribution in [3.8, 4) is 0 Å². The minimum atomic E-state index is -0.0853. The summed E-state index contributed by atoms with van der Waals surface area (Å²) in [4.78, 5) is 12.0. The van der Waals surface area contributed by atoms with Crippen molar-refractivity contribution in [2.24, 2.45) is 0 Å². The molecule has 18 heavy (non-hydrogen) atoms. The molecule has 0 aliphatic rings. The Morgan fingerprint density at radius 3 is 2.17 bits per heavy atom. The molecule has 1 unspecified atom stereocenters. The molecule has 0 fully saturated rings. The van der Waals surface area contributed by atoms with Crippen LogP contribution in [0, 0.1) is 0 Å². The van der Waals surface area contributed by atoms with Crippen LogP contribution in [0.2, 0.25) is 20.1 Å². The van der Waals surface area contributed by atoms with Crippen LogP contribution in [0.25, 0.3) is 0 Å². The minimum absolute atomic E-state index is 0. The molecule has 0 radical (unpaired) electrons. The molecule has 0 spiro atoms. The summed E-state index contributed by atoms with van der Waals surface area (Å²) in [6, 6.07) is 1.44. The molecule has 0 aromatic heterocycles. The molecule has 0 heterocycles. The van der Waals surface area contributed by atoms with E-state index in [1.54, 1.807) is 0 Å². The summed E-state index contributed by atoms with van der Waals surface area (Å²) in [5, 5.41) is 0.888. The van der Waals surface area contributed by atoms with E-state index in [1.165, 1.54) is 6.07 Å². The van der Waals surface area contributed by atoms with Crippen LogP contribution in [0.4, 0.5) is 0 Å². The molecule has 1 rings (SSSR count). The predicted octanol–water partition coefficient (Wildman–Crippen LogP) is 3.04. The first-order chi connectivity index (χ1) is 7.99. The van der Waals surface area contributed by atoms with Crippen molar-refractivity contribution in [1.82, 2.24) is 0 Å². The summed E-state index contributed by atoms with van der Waals surface area (Å²) in [5.41, 5.74) is 0.165. The summed E-state index contributed by atoms with van der Waals surface area (Å²) in [6.45, 7) is 2.07. The molecular formula is C11H12Cl4LiOP. The van der Waals surface area contributed by atoms with E-state index >= 15 is 0 Å². The van der Waals surface area contributed by atoms with E-state index in [0.29, 0.717) is 0 Å². The third-order valence-corrected chi connectivity index (χ3v) is 4.90. The van der Waals surface area contributed by atoms with E-state index < -0.39 is 0 Å². The quantitative estimate of drug-likeness (QED) is 0.349. The van der Waals surface area contributed by atoms with Crippen LogP contribution in [0.5, 0.6) is 0 Å². The molecule has 0 aliphatic heterocycles. The van der Waals surface area contributed by atoms with Crippen LogP contribution < -0.4 is 18.9 Å². The number of unbranched alkanes of at least 4 members (excludes halogenated alkanes) is 1. The number of carbonyl (C=O) groups excluding carboxylic acids is 1. The Hall–Kier alpha value is 1.08. The fourth-order valence-electron chi connectivity index (χ4n) is 1.24. The molecule has 0 saturated carbocycles. The second kappa shape index (κ2) is 9.09. The van der Waals surface area contributed by atoms with Crippen molar-refractivity contribution in [2.75, 3.05) is 6.16 Å². The fraction of sp³-hybridized carbons (Fsp3) is 0.364. The second-order valence-corrected chi connectivity index (χ2v) is 6.33. The van der Waals surface area contributed by atoms with Crippen LogP contribution in [0.15, 0.2) is 6.07 Å².